The van der Waals surface area contributed by atoms with Crippen LogP contribution in [0.3, 0.4) is 0 Å². The molecule has 0 aliphatic carbocycles. The lowest BCUT2D eigenvalue weighted by molar-refractivity contribution is 0.186. The van der Waals surface area contributed by atoms with Crippen molar-refractivity contribution in [3.05, 3.63) is 46.1 Å². The third-order valence-electron chi connectivity index (χ3n) is 4.21. The lowest BCUT2D eigenvalue weighted by Gasteiger charge is -2.35. The molecule has 1 fully saturated rings. The summed E-state index contributed by atoms with van der Waals surface area (Å²) in [4.78, 5) is 5.13. The molecule has 0 spiro atoms. The minimum Gasteiger partial charge on any atom is -0.454 e. The average molecular weight is 394 g/mol. The molecule has 0 amide bonds. The maximum atomic E-state index is 8.68. The highest BCUT2D eigenvalue weighted by Crippen LogP contribution is 2.32. The van der Waals surface area contributed by atoms with Gasteiger partial charge in [-0.25, -0.2) is 0 Å². The molecule has 1 aromatic heterocycles. The summed E-state index contributed by atoms with van der Waals surface area (Å²) in [5.41, 5.74) is 0.793. The second-order valence-electron chi connectivity index (χ2n) is 5.83. The van der Waals surface area contributed by atoms with Crippen LogP contribution in [-0.2, 0) is 0 Å². The largest absolute Gasteiger partial charge is 0.454 e. The highest BCUT2D eigenvalue weighted by atomic mass is 35.5. The van der Waals surface area contributed by atoms with Crippen molar-refractivity contribution in [2.45, 2.75) is 6.42 Å². The Morgan fingerprint density at radius 3 is 2.60 bits per heavy atom. The smallest absolute Gasteiger partial charge is 0.162 e. The van der Waals surface area contributed by atoms with E-state index in [0.717, 1.165) is 38.3 Å². The summed E-state index contributed by atoms with van der Waals surface area (Å²) in [5.74, 6) is 1.34. The molecule has 1 aromatic carbocycles. The minimum atomic E-state index is 0.547. The van der Waals surface area contributed by atoms with Crippen LogP contribution in [0.25, 0.3) is 11.3 Å². The van der Waals surface area contributed by atoms with Gasteiger partial charge in [0.25, 0.3) is 0 Å². The van der Waals surface area contributed by atoms with Gasteiger partial charge in [-0.15, -0.1) is 0 Å². The Morgan fingerprint density at radius 1 is 1.16 bits per heavy atom. The Hall–Kier alpha value is -1.58. The summed E-state index contributed by atoms with van der Waals surface area (Å²) in [6, 6.07) is 11.3. The Balaban J connectivity index is 1.66. The van der Waals surface area contributed by atoms with E-state index < -0.39 is 0 Å². The Kier molecular flexibility index (Phi) is 5.98. The number of nitrogens with zero attached hydrogens (tertiary/aromatic N) is 3. The zero-order chi connectivity index (χ0) is 17.8. The Morgan fingerprint density at radius 2 is 1.92 bits per heavy atom. The van der Waals surface area contributed by atoms with Gasteiger partial charge in [-0.1, -0.05) is 35.4 Å². The predicted molar refractivity (Wildman–Crippen MR) is 104 cm³/mol. The first-order chi connectivity index (χ1) is 12.1. The number of rotatable bonds is 4. The first kappa shape index (κ1) is 18.2. The quantitative estimate of drug-likeness (QED) is 0.717. The second-order valence-corrected chi connectivity index (χ2v) is 7.06. The van der Waals surface area contributed by atoms with E-state index in [-0.39, 0.29) is 0 Å². The van der Waals surface area contributed by atoms with Gasteiger partial charge in [-0.2, -0.15) is 5.26 Å². The van der Waals surface area contributed by atoms with Gasteiger partial charge < -0.3 is 9.32 Å². The van der Waals surface area contributed by atoms with E-state index in [4.69, 9.17) is 45.1 Å². The summed E-state index contributed by atoms with van der Waals surface area (Å²) in [7, 11) is 0. The summed E-state index contributed by atoms with van der Waals surface area (Å²) in [6.45, 7) is 4.29. The fourth-order valence-electron chi connectivity index (χ4n) is 2.83. The molecule has 0 N–H and O–H groups in total. The van der Waals surface area contributed by atoms with Gasteiger partial charge in [-0.05, 0) is 30.3 Å². The molecular formula is C18H17Cl2N3OS. The predicted octanol–water partition coefficient (Wildman–Crippen LogP) is 4.46. The number of piperazine rings is 1. The van der Waals surface area contributed by atoms with Crippen molar-refractivity contribution in [2.24, 2.45) is 0 Å². The van der Waals surface area contributed by atoms with Gasteiger partial charge in [0.2, 0.25) is 0 Å². The maximum Gasteiger partial charge on any atom is 0.162 e. The monoisotopic (exact) mass is 393 g/mol. The van der Waals surface area contributed by atoms with Crippen LogP contribution >= 0.6 is 35.4 Å². The molecule has 130 valence electrons. The van der Waals surface area contributed by atoms with Crippen molar-refractivity contribution in [2.75, 3.05) is 32.7 Å². The molecule has 4 nitrogen and oxygen atoms in total. The van der Waals surface area contributed by atoms with Crippen molar-refractivity contribution in [1.82, 2.24) is 9.80 Å². The number of hydrogen-bond donors (Lipinski definition) is 0. The fourth-order valence-corrected chi connectivity index (χ4v) is 3.62. The van der Waals surface area contributed by atoms with E-state index >= 15 is 0 Å². The molecule has 2 heterocycles. The number of furan rings is 1. The van der Waals surface area contributed by atoms with E-state index in [1.54, 1.807) is 12.1 Å². The molecule has 25 heavy (non-hydrogen) atoms. The first-order valence-electron chi connectivity index (χ1n) is 8.02. The zero-order valence-electron chi connectivity index (χ0n) is 13.5. The molecule has 0 saturated carbocycles. The molecule has 1 aliphatic heterocycles. The molecule has 1 saturated heterocycles. The molecule has 0 unspecified atom stereocenters. The second kappa shape index (κ2) is 8.20. The molecular weight excluding hydrogens is 377 g/mol. The third kappa shape index (κ3) is 4.34. The number of nitriles is 1. The summed E-state index contributed by atoms with van der Waals surface area (Å²) >= 11 is 17.8. The van der Waals surface area contributed by atoms with Crippen molar-refractivity contribution < 1.29 is 4.42 Å². The van der Waals surface area contributed by atoms with E-state index in [0.29, 0.717) is 33.0 Å². The van der Waals surface area contributed by atoms with Gasteiger partial charge in [-0.3, -0.25) is 4.90 Å². The van der Waals surface area contributed by atoms with Crippen LogP contribution in [0, 0.1) is 11.3 Å². The van der Waals surface area contributed by atoms with Crippen molar-refractivity contribution >= 4 is 40.4 Å². The molecule has 0 atom stereocenters. The molecule has 0 bridgehead atoms. The number of thiocarbonyl (C=S) groups is 1. The molecule has 1 aliphatic rings. The highest BCUT2D eigenvalue weighted by molar-refractivity contribution is 7.80. The number of halogens is 2. The fraction of sp³-hybridized carbons (Fsp3) is 0.333. The van der Waals surface area contributed by atoms with Crippen LogP contribution in [0.15, 0.2) is 34.7 Å². The van der Waals surface area contributed by atoms with Gasteiger partial charge in [0.15, 0.2) is 5.76 Å². The molecule has 7 heteroatoms. The van der Waals surface area contributed by atoms with Crippen LogP contribution in [0.5, 0.6) is 0 Å². The van der Waals surface area contributed by atoms with Crippen LogP contribution in [-0.4, -0.2) is 47.5 Å². The van der Waals surface area contributed by atoms with E-state index in [2.05, 4.69) is 15.9 Å². The van der Waals surface area contributed by atoms with Gasteiger partial charge in [0.1, 0.15) is 10.7 Å². The lowest BCUT2D eigenvalue weighted by atomic mass is 10.2. The molecule has 0 radical (unpaired) electrons. The first-order valence-corrected chi connectivity index (χ1v) is 9.19. The van der Waals surface area contributed by atoms with Gasteiger partial charge >= 0.3 is 0 Å². The SMILES string of the molecule is N#CCCN1CCN(C(=S)c2ccc(-c3ccc(Cl)cc3Cl)o2)CC1. The standard InChI is InChI=1S/C18H17Cl2N3OS/c19-13-2-3-14(15(20)12-13)16-4-5-17(24-16)18(25)23-10-8-22(9-11-23)7-1-6-21/h2-5,12H,1,7-11H2. The maximum absolute atomic E-state index is 8.68. The Bertz CT molecular complexity index is 807. The molecule has 2 aromatic rings. The Labute approximate surface area is 162 Å². The summed E-state index contributed by atoms with van der Waals surface area (Å²) in [5, 5.41) is 9.81. The third-order valence-corrected chi connectivity index (χ3v) is 5.22. The van der Waals surface area contributed by atoms with Crippen molar-refractivity contribution in [3.8, 4) is 17.4 Å². The number of hydrogen-bond acceptors (Lipinski definition) is 4. The van der Waals surface area contributed by atoms with Crippen LogP contribution < -0.4 is 0 Å². The van der Waals surface area contributed by atoms with E-state index in [1.807, 2.05) is 18.2 Å². The van der Waals surface area contributed by atoms with Gasteiger partial charge in [0, 0.05) is 49.7 Å². The summed E-state index contributed by atoms with van der Waals surface area (Å²) < 4.78 is 5.93. The highest BCUT2D eigenvalue weighted by Gasteiger charge is 2.21. The zero-order valence-corrected chi connectivity index (χ0v) is 15.9. The van der Waals surface area contributed by atoms with E-state index in [9.17, 15) is 0 Å². The van der Waals surface area contributed by atoms with Crippen LogP contribution in [0.1, 0.15) is 12.2 Å². The van der Waals surface area contributed by atoms with Crippen molar-refractivity contribution in [3.63, 3.8) is 0 Å². The van der Waals surface area contributed by atoms with Crippen molar-refractivity contribution in [1.29, 1.82) is 5.26 Å². The van der Waals surface area contributed by atoms with E-state index in [1.165, 1.54) is 0 Å². The normalized spacial score (nSPS) is 15.2. The van der Waals surface area contributed by atoms with Gasteiger partial charge in [0.05, 0.1) is 11.1 Å². The topological polar surface area (TPSA) is 43.4 Å². The molecule has 3 rings (SSSR count). The van der Waals surface area contributed by atoms with Crippen LogP contribution in [0.4, 0.5) is 0 Å². The minimum absolute atomic E-state index is 0.547. The number of benzene rings is 1. The average Bonchev–Trinajstić information content (AvgIpc) is 3.09. The summed E-state index contributed by atoms with van der Waals surface area (Å²) in [6.07, 6.45) is 0.563. The van der Waals surface area contributed by atoms with Crippen LogP contribution in [0.2, 0.25) is 10.0 Å². The lowest BCUT2D eigenvalue weighted by Crippen LogP contribution is -2.48.